The molecule has 0 spiro atoms. The van der Waals surface area contributed by atoms with Gasteiger partial charge in [-0.25, -0.2) is 4.79 Å². The Morgan fingerprint density at radius 3 is 2.46 bits per heavy atom. The van der Waals surface area contributed by atoms with Crippen LogP contribution in [0, 0.1) is 13.8 Å². The van der Waals surface area contributed by atoms with E-state index < -0.39 is 12.1 Å². The van der Waals surface area contributed by atoms with Crippen LogP contribution in [0.3, 0.4) is 0 Å². The molecule has 0 bridgehead atoms. The number of rotatable bonds is 5. The third kappa shape index (κ3) is 3.42. The van der Waals surface area contributed by atoms with Crippen molar-refractivity contribution in [3.8, 4) is 5.69 Å². The average molecular weight is 348 g/mol. The summed E-state index contributed by atoms with van der Waals surface area (Å²) >= 11 is 0. The summed E-state index contributed by atoms with van der Waals surface area (Å²) in [5.41, 5.74) is 3.63. The second-order valence-corrected chi connectivity index (χ2v) is 6.11. The molecule has 26 heavy (non-hydrogen) atoms. The number of ketones is 1. The van der Waals surface area contributed by atoms with E-state index >= 15 is 0 Å². The van der Waals surface area contributed by atoms with Crippen molar-refractivity contribution in [2.75, 3.05) is 0 Å². The number of Topliss-reactive ketones (excluding diaryl/α,β-unsaturated/α-hetero) is 1. The molecule has 5 nitrogen and oxygen atoms in total. The van der Waals surface area contributed by atoms with Gasteiger partial charge in [-0.1, -0.05) is 18.2 Å². The molecule has 0 radical (unpaired) electrons. The van der Waals surface area contributed by atoms with Crippen LogP contribution in [0.15, 0.2) is 60.9 Å². The number of para-hydroxylation sites is 1. The number of aryl methyl sites for hydroxylation is 1. The maximum atomic E-state index is 12.8. The number of esters is 1. The van der Waals surface area contributed by atoms with Crippen molar-refractivity contribution < 1.29 is 14.3 Å². The van der Waals surface area contributed by atoms with Crippen LogP contribution >= 0.6 is 0 Å². The van der Waals surface area contributed by atoms with Crippen LogP contribution in [-0.4, -0.2) is 27.4 Å². The van der Waals surface area contributed by atoms with E-state index in [0.717, 1.165) is 17.1 Å². The molecule has 0 N–H and O–H groups in total. The van der Waals surface area contributed by atoms with Crippen LogP contribution < -0.4 is 0 Å². The van der Waals surface area contributed by atoms with Crippen LogP contribution in [0.2, 0.25) is 0 Å². The molecular weight excluding hydrogens is 328 g/mol. The van der Waals surface area contributed by atoms with Gasteiger partial charge in [0.25, 0.3) is 0 Å². The molecule has 2 aromatic heterocycles. The minimum Gasteiger partial charge on any atom is -0.451 e. The van der Waals surface area contributed by atoms with Crippen LogP contribution in [0.4, 0.5) is 0 Å². The number of ether oxygens (including phenoxy) is 1. The van der Waals surface area contributed by atoms with E-state index in [-0.39, 0.29) is 5.78 Å². The lowest BCUT2D eigenvalue weighted by Crippen LogP contribution is -2.25. The van der Waals surface area contributed by atoms with Gasteiger partial charge in [-0.2, -0.15) is 0 Å². The Morgan fingerprint density at radius 2 is 1.81 bits per heavy atom. The second kappa shape index (κ2) is 7.35. The van der Waals surface area contributed by atoms with Crippen LogP contribution in [0.1, 0.15) is 39.0 Å². The Labute approximate surface area is 152 Å². The van der Waals surface area contributed by atoms with Gasteiger partial charge in [0.2, 0.25) is 5.78 Å². The number of aromatic nitrogens is 2. The van der Waals surface area contributed by atoms with E-state index in [2.05, 4.69) is 4.98 Å². The van der Waals surface area contributed by atoms with Gasteiger partial charge in [-0.05, 0) is 51.1 Å². The van der Waals surface area contributed by atoms with Gasteiger partial charge < -0.3 is 9.30 Å². The fraction of sp³-hybridized carbons (Fsp3) is 0.190. The maximum Gasteiger partial charge on any atom is 0.340 e. The molecule has 3 rings (SSSR count). The smallest absolute Gasteiger partial charge is 0.340 e. The first-order chi connectivity index (χ1) is 12.5. The molecule has 0 amide bonds. The summed E-state index contributed by atoms with van der Waals surface area (Å²) in [7, 11) is 0. The first-order valence-electron chi connectivity index (χ1n) is 8.38. The average Bonchev–Trinajstić information content (AvgIpc) is 2.96. The quantitative estimate of drug-likeness (QED) is 0.518. The summed E-state index contributed by atoms with van der Waals surface area (Å²) in [6.45, 7) is 5.43. The molecular formula is C21H20N2O3. The molecule has 132 valence electrons. The summed E-state index contributed by atoms with van der Waals surface area (Å²) in [4.78, 5) is 28.9. The van der Waals surface area contributed by atoms with Crippen molar-refractivity contribution in [1.82, 2.24) is 9.55 Å². The number of nitrogens with zero attached hydrogens (tertiary/aromatic N) is 2. The van der Waals surface area contributed by atoms with E-state index in [1.54, 1.807) is 25.3 Å². The molecule has 0 saturated heterocycles. The molecule has 0 aliphatic carbocycles. The monoisotopic (exact) mass is 348 g/mol. The van der Waals surface area contributed by atoms with E-state index in [1.165, 1.54) is 6.20 Å². The largest absolute Gasteiger partial charge is 0.451 e. The Balaban J connectivity index is 1.83. The van der Waals surface area contributed by atoms with Gasteiger partial charge in [0.1, 0.15) is 0 Å². The summed E-state index contributed by atoms with van der Waals surface area (Å²) in [5, 5.41) is 0. The minimum absolute atomic E-state index is 0.225. The number of hydrogen-bond donors (Lipinski definition) is 0. The van der Waals surface area contributed by atoms with Crippen LogP contribution in [0.25, 0.3) is 5.69 Å². The summed E-state index contributed by atoms with van der Waals surface area (Å²) in [6.07, 6.45) is 2.11. The molecule has 5 heteroatoms. The number of pyridine rings is 1. The lowest BCUT2D eigenvalue weighted by molar-refractivity contribution is 0.0318. The van der Waals surface area contributed by atoms with E-state index in [9.17, 15) is 9.59 Å². The Bertz CT molecular complexity index is 931. The maximum absolute atomic E-state index is 12.8. The molecule has 3 aromatic rings. The topological polar surface area (TPSA) is 61.2 Å². The summed E-state index contributed by atoms with van der Waals surface area (Å²) < 4.78 is 7.34. The lowest BCUT2D eigenvalue weighted by Gasteiger charge is -2.13. The van der Waals surface area contributed by atoms with E-state index in [4.69, 9.17) is 4.74 Å². The van der Waals surface area contributed by atoms with Gasteiger partial charge in [-0.3, -0.25) is 9.78 Å². The van der Waals surface area contributed by atoms with Gasteiger partial charge >= 0.3 is 5.97 Å². The minimum atomic E-state index is -0.882. The third-order valence-corrected chi connectivity index (χ3v) is 4.26. The zero-order valence-electron chi connectivity index (χ0n) is 15.0. The van der Waals surface area contributed by atoms with Crippen molar-refractivity contribution in [2.45, 2.75) is 26.9 Å². The van der Waals surface area contributed by atoms with Crippen molar-refractivity contribution in [3.05, 3.63) is 83.4 Å². The second-order valence-electron chi connectivity index (χ2n) is 6.11. The van der Waals surface area contributed by atoms with Crippen LogP contribution in [-0.2, 0) is 4.74 Å². The molecule has 1 atom stereocenters. The fourth-order valence-electron chi connectivity index (χ4n) is 2.97. The predicted octanol–water partition coefficient (Wildman–Crippen LogP) is 3.92. The SMILES string of the molecule is Cc1cc(C(=O)[C@H](C)OC(=O)c2cccnc2)c(C)n1-c1ccccc1. The molecule has 2 heterocycles. The normalized spacial score (nSPS) is 11.8. The molecule has 0 aliphatic rings. The fourth-order valence-corrected chi connectivity index (χ4v) is 2.97. The highest BCUT2D eigenvalue weighted by molar-refractivity contribution is 6.02. The van der Waals surface area contributed by atoms with Crippen molar-refractivity contribution >= 4 is 11.8 Å². The highest BCUT2D eigenvalue weighted by Crippen LogP contribution is 2.22. The Hall–Kier alpha value is -3.21. The van der Waals surface area contributed by atoms with Crippen molar-refractivity contribution in [1.29, 1.82) is 0 Å². The van der Waals surface area contributed by atoms with E-state index in [1.807, 2.05) is 54.8 Å². The molecule has 1 aromatic carbocycles. The zero-order valence-corrected chi connectivity index (χ0v) is 15.0. The van der Waals surface area contributed by atoms with Gasteiger partial charge in [0, 0.05) is 35.0 Å². The zero-order chi connectivity index (χ0) is 18.7. The summed E-state index contributed by atoms with van der Waals surface area (Å²) in [5.74, 6) is -0.784. The number of hydrogen-bond acceptors (Lipinski definition) is 4. The highest BCUT2D eigenvalue weighted by Gasteiger charge is 2.24. The predicted molar refractivity (Wildman–Crippen MR) is 98.7 cm³/mol. The number of carbonyl (C=O) groups is 2. The highest BCUT2D eigenvalue weighted by atomic mass is 16.5. The van der Waals surface area contributed by atoms with Gasteiger partial charge in [0.15, 0.2) is 6.10 Å². The first kappa shape index (κ1) is 17.6. The van der Waals surface area contributed by atoms with Gasteiger partial charge in [-0.15, -0.1) is 0 Å². The third-order valence-electron chi connectivity index (χ3n) is 4.26. The molecule has 0 aliphatic heterocycles. The lowest BCUT2D eigenvalue weighted by atomic mass is 10.1. The van der Waals surface area contributed by atoms with Crippen LogP contribution in [0.5, 0.6) is 0 Å². The summed E-state index contributed by atoms with van der Waals surface area (Å²) in [6, 6.07) is 14.9. The number of carbonyl (C=O) groups excluding carboxylic acids is 2. The van der Waals surface area contributed by atoms with Gasteiger partial charge in [0.05, 0.1) is 5.56 Å². The van der Waals surface area contributed by atoms with E-state index in [0.29, 0.717) is 11.1 Å². The first-order valence-corrected chi connectivity index (χ1v) is 8.38. The Kier molecular flexibility index (Phi) is 4.98. The Morgan fingerprint density at radius 1 is 1.08 bits per heavy atom. The molecule has 0 saturated carbocycles. The molecule has 0 unspecified atom stereocenters. The molecule has 0 fully saturated rings. The number of benzene rings is 1. The standard InChI is InChI=1S/C21H20N2O3/c1-14-12-19(15(2)23(14)18-9-5-4-6-10-18)20(24)16(3)26-21(25)17-8-7-11-22-13-17/h4-13,16H,1-3H3/t16-/m0/s1. The van der Waals surface area contributed by atoms with Crippen molar-refractivity contribution in [2.24, 2.45) is 0 Å². The van der Waals surface area contributed by atoms with Crippen molar-refractivity contribution in [3.63, 3.8) is 0 Å².